The lowest BCUT2D eigenvalue weighted by atomic mass is 9.95. The molecule has 112 valence electrons. The van der Waals surface area contributed by atoms with E-state index in [-0.39, 0.29) is 11.9 Å². The Labute approximate surface area is 135 Å². The number of benzene rings is 2. The fourth-order valence-electron chi connectivity index (χ4n) is 2.44. The zero-order valence-electron chi connectivity index (χ0n) is 12.1. The molecule has 1 nitrogen and oxygen atoms in total. The number of aryl methyl sites for hydroxylation is 1. The van der Waals surface area contributed by atoms with Gasteiger partial charge in [0, 0.05) is 16.1 Å². The van der Waals surface area contributed by atoms with E-state index in [4.69, 9.17) is 23.2 Å². The van der Waals surface area contributed by atoms with Crippen LogP contribution in [0.15, 0.2) is 36.4 Å². The first-order valence-electron chi connectivity index (χ1n) is 6.94. The van der Waals surface area contributed by atoms with E-state index in [2.05, 4.69) is 5.32 Å². The molecule has 0 fully saturated rings. The van der Waals surface area contributed by atoms with Crippen LogP contribution in [0.3, 0.4) is 0 Å². The number of hydrogen-bond acceptors (Lipinski definition) is 1. The zero-order chi connectivity index (χ0) is 15.4. The smallest absolute Gasteiger partial charge is 0.126 e. The Balaban J connectivity index is 2.35. The van der Waals surface area contributed by atoms with Gasteiger partial charge in [-0.15, -0.1) is 0 Å². The number of hydrogen-bond donors (Lipinski definition) is 1. The molecule has 0 aliphatic rings. The van der Waals surface area contributed by atoms with E-state index in [0.29, 0.717) is 22.0 Å². The van der Waals surface area contributed by atoms with E-state index >= 15 is 0 Å². The topological polar surface area (TPSA) is 12.0 Å². The van der Waals surface area contributed by atoms with Crippen LogP contribution in [0, 0.1) is 12.7 Å². The molecule has 0 aromatic heterocycles. The predicted octanol–water partition coefficient (Wildman–Crippen LogP) is 5.33. The normalized spacial score (nSPS) is 12.4. The van der Waals surface area contributed by atoms with Crippen LogP contribution >= 0.6 is 23.2 Å². The van der Waals surface area contributed by atoms with Crippen molar-refractivity contribution in [3.63, 3.8) is 0 Å². The Hall–Kier alpha value is -1.09. The van der Waals surface area contributed by atoms with Gasteiger partial charge < -0.3 is 5.32 Å². The molecule has 2 aromatic carbocycles. The van der Waals surface area contributed by atoms with Gasteiger partial charge in [-0.05, 0) is 66.9 Å². The molecule has 0 saturated carbocycles. The van der Waals surface area contributed by atoms with Gasteiger partial charge in [-0.3, -0.25) is 0 Å². The summed E-state index contributed by atoms with van der Waals surface area (Å²) in [4.78, 5) is 0. The van der Waals surface area contributed by atoms with E-state index in [9.17, 15) is 4.39 Å². The fourth-order valence-corrected chi connectivity index (χ4v) is 2.82. The molecule has 0 amide bonds. The third-order valence-corrected chi connectivity index (χ3v) is 3.97. The minimum Gasteiger partial charge on any atom is -0.310 e. The maximum absolute atomic E-state index is 14.0. The van der Waals surface area contributed by atoms with Gasteiger partial charge in [0.25, 0.3) is 0 Å². The quantitative estimate of drug-likeness (QED) is 0.782. The Bertz CT molecular complexity index is 628. The summed E-state index contributed by atoms with van der Waals surface area (Å²) in [6.45, 7) is 4.85. The molecule has 2 rings (SSSR count). The van der Waals surface area contributed by atoms with Gasteiger partial charge >= 0.3 is 0 Å². The lowest BCUT2D eigenvalue weighted by Crippen LogP contribution is -2.24. The molecule has 0 aliphatic heterocycles. The SMILES string of the molecule is CCNC(Cc1cc(Cl)ccc1F)c1cc(Cl)ccc1C. The summed E-state index contributed by atoms with van der Waals surface area (Å²) < 4.78 is 14.0. The molecule has 4 heteroatoms. The predicted molar refractivity (Wildman–Crippen MR) is 87.7 cm³/mol. The molecule has 1 unspecified atom stereocenters. The molecular formula is C17H18Cl2FN. The summed E-state index contributed by atoms with van der Waals surface area (Å²) in [6.07, 6.45) is 0.529. The van der Waals surface area contributed by atoms with Crippen molar-refractivity contribution in [2.24, 2.45) is 0 Å². The average molecular weight is 326 g/mol. The van der Waals surface area contributed by atoms with Gasteiger partial charge in [-0.25, -0.2) is 4.39 Å². The molecule has 0 radical (unpaired) electrons. The minimum atomic E-state index is -0.234. The molecule has 0 spiro atoms. The Morgan fingerprint density at radius 3 is 2.48 bits per heavy atom. The summed E-state index contributed by atoms with van der Waals surface area (Å²) in [5.41, 5.74) is 2.82. The number of nitrogens with one attached hydrogen (secondary N) is 1. The van der Waals surface area contributed by atoms with Crippen LogP contribution in [0.4, 0.5) is 4.39 Å². The number of rotatable bonds is 5. The van der Waals surface area contributed by atoms with Crippen molar-refractivity contribution < 1.29 is 4.39 Å². The van der Waals surface area contributed by atoms with Gasteiger partial charge in [0.1, 0.15) is 5.82 Å². The van der Waals surface area contributed by atoms with Crippen molar-refractivity contribution in [2.75, 3.05) is 6.54 Å². The summed E-state index contributed by atoms with van der Waals surface area (Å²) in [5.74, 6) is -0.234. The molecule has 1 N–H and O–H groups in total. The first-order valence-corrected chi connectivity index (χ1v) is 7.70. The maximum atomic E-state index is 14.0. The summed E-state index contributed by atoms with van der Waals surface area (Å²) >= 11 is 12.1. The van der Waals surface area contributed by atoms with Crippen molar-refractivity contribution in [1.29, 1.82) is 0 Å². The highest BCUT2D eigenvalue weighted by Crippen LogP contribution is 2.27. The molecule has 0 heterocycles. The van der Waals surface area contributed by atoms with Gasteiger partial charge in [-0.2, -0.15) is 0 Å². The third-order valence-electron chi connectivity index (χ3n) is 3.50. The second kappa shape index (κ2) is 7.26. The van der Waals surface area contributed by atoms with Crippen LogP contribution in [0.1, 0.15) is 29.7 Å². The van der Waals surface area contributed by atoms with Crippen LogP contribution in [-0.4, -0.2) is 6.54 Å². The molecule has 0 bridgehead atoms. The first kappa shape index (κ1) is 16.3. The van der Waals surface area contributed by atoms with Crippen molar-refractivity contribution >= 4 is 23.2 Å². The van der Waals surface area contributed by atoms with E-state index in [0.717, 1.165) is 17.7 Å². The number of likely N-dealkylation sites (N-methyl/N-ethyl adjacent to an activating group) is 1. The average Bonchev–Trinajstić information content (AvgIpc) is 2.45. The largest absolute Gasteiger partial charge is 0.310 e. The highest BCUT2D eigenvalue weighted by molar-refractivity contribution is 6.30. The highest BCUT2D eigenvalue weighted by atomic mass is 35.5. The lowest BCUT2D eigenvalue weighted by Gasteiger charge is -2.21. The van der Waals surface area contributed by atoms with Crippen molar-refractivity contribution in [2.45, 2.75) is 26.3 Å². The monoisotopic (exact) mass is 325 g/mol. The molecular weight excluding hydrogens is 308 g/mol. The molecule has 0 aliphatic carbocycles. The van der Waals surface area contributed by atoms with Crippen LogP contribution in [0.5, 0.6) is 0 Å². The Kier molecular flexibility index (Phi) is 5.63. The van der Waals surface area contributed by atoms with E-state index in [1.807, 2.05) is 32.0 Å². The van der Waals surface area contributed by atoms with E-state index in [1.54, 1.807) is 12.1 Å². The van der Waals surface area contributed by atoms with Crippen molar-refractivity contribution in [1.82, 2.24) is 5.32 Å². The second-order valence-corrected chi connectivity index (χ2v) is 5.92. The molecule has 0 saturated heterocycles. The number of halogens is 3. The molecule has 1 atom stereocenters. The highest BCUT2D eigenvalue weighted by Gasteiger charge is 2.16. The standard InChI is InChI=1S/C17H18Cl2FN/c1-3-21-17(15-10-14(19)5-4-11(15)2)9-12-8-13(18)6-7-16(12)20/h4-8,10,17,21H,3,9H2,1-2H3. The van der Waals surface area contributed by atoms with Gasteiger partial charge in [0.2, 0.25) is 0 Å². The summed E-state index contributed by atoms with van der Waals surface area (Å²) in [7, 11) is 0. The van der Waals surface area contributed by atoms with E-state index < -0.39 is 0 Å². The maximum Gasteiger partial charge on any atom is 0.126 e. The molecule has 21 heavy (non-hydrogen) atoms. The minimum absolute atomic E-state index is 0.00154. The molecule has 2 aromatic rings. The lowest BCUT2D eigenvalue weighted by molar-refractivity contribution is 0.526. The van der Waals surface area contributed by atoms with Crippen LogP contribution in [-0.2, 0) is 6.42 Å². The van der Waals surface area contributed by atoms with Crippen LogP contribution in [0.25, 0.3) is 0 Å². The Morgan fingerprint density at radius 2 is 1.76 bits per heavy atom. The third kappa shape index (κ3) is 4.19. The van der Waals surface area contributed by atoms with Gasteiger partial charge in [0.05, 0.1) is 0 Å². The second-order valence-electron chi connectivity index (χ2n) is 5.05. The fraction of sp³-hybridized carbons (Fsp3) is 0.294. The Morgan fingerprint density at radius 1 is 1.10 bits per heavy atom. The first-order chi connectivity index (χ1) is 10.0. The van der Waals surface area contributed by atoms with Crippen LogP contribution in [0.2, 0.25) is 10.0 Å². The van der Waals surface area contributed by atoms with Crippen molar-refractivity contribution in [3.05, 3.63) is 69.0 Å². The van der Waals surface area contributed by atoms with Gasteiger partial charge in [-0.1, -0.05) is 36.2 Å². The summed E-state index contributed by atoms with van der Waals surface area (Å²) in [5, 5.41) is 4.62. The van der Waals surface area contributed by atoms with Gasteiger partial charge in [0.15, 0.2) is 0 Å². The van der Waals surface area contributed by atoms with Crippen molar-refractivity contribution in [3.8, 4) is 0 Å². The van der Waals surface area contributed by atoms with E-state index in [1.165, 1.54) is 6.07 Å². The summed E-state index contributed by atoms with van der Waals surface area (Å²) in [6, 6.07) is 10.4. The van der Waals surface area contributed by atoms with Crippen LogP contribution < -0.4 is 5.32 Å². The zero-order valence-corrected chi connectivity index (χ0v) is 13.6.